The fourth-order valence-corrected chi connectivity index (χ4v) is 2.85. The normalized spacial score (nSPS) is 10.7. The van der Waals surface area contributed by atoms with Gasteiger partial charge in [0, 0.05) is 5.56 Å². The first-order chi connectivity index (χ1) is 12.3. The summed E-state index contributed by atoms with van der Waals surface area (Å²) in [6.07, 6.45) is 0.343. The number of benzene rings is 3. The standard InChI is InChI=1S/C21H17N3O/c25-20(14-15-8-2-1-3-9-15)22-17-11-5-4-10-16(17)21-23-18-12-6-7-13-19(18)24-21/h1-13H,14H2,(H,22,25)(H,23,24). The van der Waals surface area contributed by atoms with Crippen LogP contribution >= 0.6 is 0 Å². The lowest BCUT2D eigenvalue weighted by atomic mass is 10.1. The predicted molar refractivity (Wildman–Crippen MR) is 100 cm³/mol. The molecule has 122 valence electrons. The first kappa shape index (κ1) is 15.1. The molecule has 0 aliphatic heterocycles. The largest absolute Gasteiger partial charge is 0.338 e. The van der Waals surface area contributed by atoms with Gasteiger partial charge in [-0.25, -0.2) is 4.98 Å². The summed E-state index contributed by atoms with van der Waals surface area (Å²) in [6, 6.07) is 25.3. The minimum Gasteiger partial charge on any atom is -0.338 e. The summed E-state index contributed by atoms with van der Waals surface area (Å²) in [4.78, 5) is 20.3. The van der Waals surface area contributed by atoms with Crippen molar-refractivity contribution in [1.82, 2.24) is 9.97 Å². The van der Waals surface area contributed by atoms with Crippen molar-refractivity contribution < 1.29 is 4.79 Å². The van der Waals surface area contributed by atoms with Crippen LogP contribution in [0.4, 0.5) is 5.69 Å². The van der Waals surface area contributed by atoms with Crippen molar-refractivity contribution in [3.05, 3.63) is 84.4 Å². The quantitative estimate of drug-likeness (QED) is 0.583. The average Bonchev–Trinajstić information content (AvgIpc) is 3.07. The summed E-state index contributed by atoms with van der Waals surface area (Å²) in [5, 5.41) is 3.00. The van der Waals surface area contributed by atoms with Gasteiger partial charge in [-0.15, -0.1) is 0 Å². The maximum atomic E-state index is 12.4. The second kappa shape index (κ2) is 6.61. The summed E-state index contributed by atoms with van der Waals surface area (Å²) in [7, 11) is 0. The van der Waals surface area contributed by atoms with Crippen LogP contribution in [-0.2, 0) is 11.2 Å². The molecule has 4 heteroatoms. The first-order valence-electron chi connectivity index (χ1n) is 8.17. The van der Waals surface area contributed by atoms with E-state index in [-0.39, 0.29) is 5.91 Å². The van der Waals surface area contributed by atoms with Gasteiger partial charge in [-0.2, -0.15) is 0 Å². The molecular formula is C21H17N3O. The Balaban J connectivity index is 1.61. The van der Waals surface area contributed by atoms with Crippen molar-refractivity contribution in [2.45, 2.75) is 6.42 Å². The minimum atomic E-state index is -0.0465. The molecule has 0 spiro atoms. The van der Waals surface area contributed by atoms with Crippen molar-refractivity contribution in [1.29, 1.82) is 0 Å². The number of para-hydroxylation sites is 3. The first-order valence-corrected chi connectivity index (χ1v) is 8.17. The highest BCUT2D eigenvalue weighted by atomic mass is 16.1. The molecule has 4 rings (SSSR count). The molecule has 4 nitrogen and oxygen atoms in total. The number of fused-ring (bicyclic) bond motifs is 1. The molecule has 0 bridgehead atoms. The maximum Gasteiger partial charge on any atom is 0.228 e. The monoisotopic (exact) mass is 327 g/mol. The second-order valence-corrected chi connectivity index (χ2v) is 5.86. The van der Waals surface area contributed by atoms with Crippen LogP contribution in [0.15, 0.2) is 78.9 Å². The number of nitrogens with zero attached hydrogens (tertiary/aromatic N) is 1. The predicted octanol–water partition coefficient (Wildman–Crippen LogP) is 4.41. The average molecular weight is 327 g/mol. The number of hydrogen-bond donors (Lipinski definition) is 2. The molecule has 0 saturated heterocycles. The van der Waals surface area contributed by atoms with E-state index < -0.39 is 0 Å². The van der Waals surface area contributed by atoms with Crippen LogP contribution in [0.25, 0.3) is 22.4 Å². The molecule has 25 heavy (non-hydrogen) atoms. The van der Waals surface area contributed by atoms with Gasteiger partial charge in [-0.05, 0) is 29.8 Å². The zero-order valence-corrected chi connectivity index (χ0v) is 13.6. The van der Waals surface area contributed by atoms with Crippen molar-refractivity contribution in [3.8, 4) is 11.4 Å². The molecule has 0 aliphatic rings. The molecule has 4 aromatic rings. The van der Waals surface area contributed by atoms with Crippen LogP contribution in [0.5, 0.6) is 0 Å². The molecule has 0 aliphatic carbocycles. The Labute approximate surface area is 145 Å². The molecule has 0 radical (unpaired) electrons. The number of carbonyl (C=O) groups is 1. The number of aromatic amines is 1. The van der Waals surface area contributed by atoms with E-state index in [9.17, 15) is 4.79 Å². The summed E-state index contributed by atoms with van der Waals surface area (Å²) in [5.41, 5.74) is 4.50. The molecule has 0 atom stereocenters. The Morgan fingerprint density at radius 1 is 0.880 bits per heavy atom. The maximum absolute atomic E-state index is 12.4. The van der Waals surface area contributed by atoms with Gasteiger partial charge in [-0.1, -0.05) is 54.6 Å². The Bertz CT molecular complexity index is 988. The second-order valence-electron chi connectivity index (χ2n) is 5.86. The molecule has 1 heterocycles. The number of hydrogen-bond acceptors (Lipinski definition) is 2. The SMILES string of the molecule is O=C(Cc1ccccc1)Nc1ccccc1-c1nc2ccccc2[nH]1. The van der Waals surface area contributed by atoms with E-state index >= 15 is 0 Å². The number of H-pyrrole nitrogens is 1. The van der Waals surface area contributed by atoms with E-state index in [0.717, 1.165) is 33.7 Å². The van der Waals surface area contributed by atoms with Gasteiger partial charge in [0.25, 0.3) is 0 Å². The smallest absolute Gasteiger partial charge is 0.228 e. The lowest BCUT2D eigenvalue weighted by Crippen LogP contribution is -2.15. The third-order valence-electron chi connectivity index (χ3n) is 4.05. The molecule has 0 saturated carbocycles. The minimum absolute atomic E-state index is 0.0465. The van der Waals surface area contributed by atoms with E-state index in [1.165, 1.54) is 0 Å². The fourth-order valence-electron chi connectivity index (χ4n) is 2.85. The molecule has 3 aromatic carbocycles. The molecule has 1 amide bonds. The van der Waals surface area contributed by atoms with Crippen molar-refractivity contribution in [2.75, 3.05) is 5.32 Å². The molecule has 2 N–H and O–H groups in total. The zero-order chi connectivity index (χ0) is 17.1. The molecule has 0 fully saturated rings. The fraction of sp³-hybridized carbons (Fsp3) is 0.0476. The number of amides is 1. The number of imidazole rings is 1. The van der Waals surface area contributed by atoms with E-state index in [0.29, 0.717) is 6.42 Å². The van der Waals surface area contributed by atoms with Crippen LogP contribution in [0.3, 0.4) is 0 Å². The number of nitrogens with one attached hydrogen (secondary N) is 2. The highest BCUT2D eigenvalue weighted by molar-refractivity contribution is 5.96. The van der Waals surface area contributed by atoms with Crippen molar-refractivity contribution >= 4 is 22.6 Å². The van der Waals surface area contributed by atoms with Gasteiger partial charge in [0.05, 0.1) is 23.1 Å². The Morgan fingerprint density at radius 2 is 1.60 bits per heavy atom. The van der Waals surface area contributed by atoms with Crippen LogP contribution in [0.1, 0.15) is 5.56 Å². The topological polar surface area (TPSA) is 57.8 Å². The van der Waals surface area contributed by atoms with Gasteiger partial charge in [-0.3, -0.25) is 4.79 Å². The van der Waals surface area contributed by atoms with E-state index in [4.69, 9.17) is 0 Å². The van der Waals surface area contributed by atoms with E-state index in [1.54, 1.807) is 0 Å². The Kier molecular flexibility index (Phi) is 4.01. The van der Waals surface area contributed by atoms with Crippen LogP contribution in [0.2, 0.25) is 0 Å². The number of aromatic nitrogens is 2. The van der Waals surface area contributed by atoms with Gasteiger partial charge in [0.1, 0.15) is 5.82 Å². The number of rotatable bonds is 4. The van der Waals surface area contributed by atoms with Crippen LogP contribution in [0, 0.1) is 0 Å². The lowest BCUT2D eigenvalue weighted by Gasteiger charge is -2.09. The molecular weight excluding hydrogens is 310 g/mol. The highest BCUT2D eigenvalue weighted by Crippen LogP contribution is 2.27. The molecule has 1 aromatic heterocycles. The molecule has 0 unspecified atom stereocenters. The zero-order valence-electron chi connectivity index (χ0n) is 13.6. The third-order valence-corrected chi connectivity index (χ3v) is 4.05. The third kappa shape index (κ3) is 3.28. The van der Waals surface area contributed by atoms with Gasteiger partial charge in [0.2, 0.25) is 5.91 Å². The van der Waals surface area contributed by atoms with Crippen molar-refractivity contribution in [3.63, 3.8) is 0 Å². The summed E-state index contributed by atoms with van der Waals surface area (Å²) >= 11 is 0. The van der Waals surface area contributed by atoms with Crippen LogP contribution in [-0.4, -0.2) is 15.9 Å². The van der Waals surface area contributed by atoms with Gasteiger partial charge >= 0.3 is 0 Å². The van der Waals surface area contributed by atoms with E-state index in [1.807, 2.05) is 78.9 Å². The Hall–Kier alpha value is -3.40. The number of anilines is 1. The van der Waals surface area contributed by atoms with E-state index in [2.05, 4.69) is 15.3 Å². The Morgan fingerprint density at radius 3 is 2.44 bits per heavy atom. The van der Waals surface area contributed by atoms with Gasteiger partial charge < -0.3 is 10.3 Å². The summed E-state index contributed by atoms with van der Waals surface area (Å²) in [5.74, 6) is 0.701. The van der Waals surface area contributed by atoms with Gasteiger partial charge in [0.15, 0.2) is 0 Å². The highest BCUT2D eigenvalue weighted by Gasteiger charge is 2.12. The summed E-state index contributed by atoms with van der Waals surface area (Å²) < 4.78 is 0. The number of carbonyl (C=O) groups excluding carboxylic acids is 1. The van der Waals surface area contributed by atoms with Crippen molar-refractivity contribution in [2.24, 2.45) is 0 Å². The summed E-state index contributed by atoms with van der Waals surface area (Å²) in [6.45, 7) is 0. The lowest BCUT2D eigenvalue weighted by molar-refractivity contribution is -0.115. The van der Waals surface area contributed by atoms with Crippen LogP contribution < -0.4 is 5.32 Å².